The molecular weight excluding hydrogens is 218 g/mol. The maximum Gasteiger partial charge on any atom is 0.0587 e. The zero-order valence-corrected chi connectivity index (χ0v) is 11.0. The van der Waals surface area contributed by atoms with Gasteiger partial charge in [-0.05, 0) is 30.2 Å². The van der Waals surface area contributed by atoms with Gasteiger partial charge in [-0.2, -0.15) is 0 Å². The molecule has 0 aliphatic heterocycles. The van der Waals surface area contributed by atoms with E-state index in [0.717, 1.165) is 25.6 Å². The number of hydrogen-bond acceptors (Lipinski definition) is 3. The summed E-state index contributed by atoms with van der Waals surface area (Å²) >= 11 is 1.90. The van der Waals surface area contributed by atoms with E-state index in [1.165, 1.54) is 12.8 Å². The molecule has 0 aromatic carbocycles. The topological polar surface area (TPSA) is 21.3 Å². The van der Waals surface area contributed by atoms with Crippen LogP contribution < -0.4 is 5.32 Å². The smallest absolute Gasteiger partial charge is 0.0587 e. The fraction of sp³-hybridized carbons (Fsp3) is 0.692. The molecule has 0 atom stereocenters. The first-order chi connectivity index (χ1) is 7.77. The van der Waals surface area contributed by atoms with Crippen molar-refractivity contribution in [2.45, 2.75) is 25.2 Å². The standard InChI is InChI=1S/C13H21NOS/c1-11-8-13(9-11,10-14-5-6-15-2)12-4-3-7-16-12/h3-4,7,11,14H,5-6,8-10H2,1-2H3. The summed E-state index contributed by atoms with van der Waals surface area (Å²) in [4.78, 5) is 1.55. The molecule has 1 aliphatic carbocycles. The van der Waals surface area contributed by atoms with Gasteiger partial charge in [-0.1, -0.05) is 13.0 Å². The van der Waals surface area contributed by atoms with Gasteiger partial charge in [0.05, 0.1) is 6.61 Å². The minimum absolute atomic E-state index is 0.418. The quantitative estimate of drug-likeness (QED) is 0.771. The van der Waals surface area contributed by atoms with Crippen LogP contribution in [0.3, 0.4) is 0 Å². The first kappa shape index (κ1) is 12.1. The lowest BCUT2D eigenvalue weighted by Crippen LogP contribution is -2.47. The van der Waals surface area contributed by atoms with Crippen molar-refractivity contribution >= 4 is 11.3 Å². The summed E-state index contributed by atoms with van der Waals surface area (Å²) in [6, 6.07) is 4.45. The molecule has 2 nitrogen and oxygen atoms in total. The summed E-state index contributed by atoms with van der Waals surface area (Å²) in [6.45, 7) is 5.20. The highest BCUT2D eigenvalue weighted by Gasteiger charge is 2.43. The van der Waals surface area contributed by atoms with Gasteiger partial charge in [0, 0.05) is 30.5 Å². The molecule has 2 rings (SSSR count). The SMILES string of the molecule is COCCNCC1(c2cccs2)CC(C)C1. The van der Waals surface area contributed by atoms with E-state index in [0.29, 0.717) is 5.41 Å². The molecule has 0 radical (unpaired) electrons. The third-order valence-corrected chi connectivity index (χ3v) is 4.58. The molecule has 1 aliphatic rings. The van der Waals surface area contributed by atoms with Crippen LogP contribution in [0.15, 0.2) is 17.5 Å². The third kappa shape index (κ3) is 2.47. The van der Waals surface area contributed by atoms with Gasteiger partial charge in [0.2, 0.25) is 0 Å². The third-order valence-electron chi connectivity index (χ3n) is 3.47. The van der Waals surface area contributed by atoms with Crippen LogP contribution in [-0.4, -0.2) is 26.8 Å². The molecule has 16 heavy (non-hydrogen) atoms. The number of rotatable bonds is 6. The Morgan fingerprint density at radius 3 is 2.94 bits per heavy atom. The largest absolute Gasteiger partial charge is 0.383 e. The summed E-state index contributed by atoms with van der Waals surface area (Å²) in [6.07, 6.45) is 2.65. The molecule has 0 spiro atoms. The Morgan fingerprint density at radius 1 is 1.56 bits per heavy atom. The molecule has 1 saturated carbocycles. The van der Waals surface area contributed by atoms with Gasteiger partial charge in [-0.3, -0.25) is 0 Å². The van der Waals surface area contributed by atoms with E-state index in [-0.39, 0.29) is 0 Å². The van der Waals surface area contributed by atoms with Crippen molar-refractivity contribution in [3.05, 3.63) is 22.4 Å². The van der Waals surface area contributed by atoms with E-state index in [1.54, 1.807) is 12.0 Å². The van der Waals surface area contributed by atoms with Gasteiger partial charge in [0.1, 0.15) is 0 Å². The first-order valence-electron chi connectivity index (χ1n) is 6.00. The second-order valence-corrected chi connectivity index (χ2v) is 5.89. The Balaban J connectivity index is 1.90. The van der Waals surface area contributed by atoms with E-state index >= 15 is 0 Å². The molecule has 3 heteroatoms. The van der Waals surface area contributed by atoms with Crippen molar-refractivity contribution in [1.82, 2.24) is 5.32 Å². The lowest BCUT2D eigenvalue weighted by molar-refractivity contribution is 0.147. The second kappa shape index (κ2) is 5.30. The molecule has 0 amide bonds. The Kier molecular flexibility index (Phi) is 4.00. The van der Waals surface area contributed by atoms with Crippen molar-refractivity contribution in [2.24, 2.45) is 5.92 Å². The Labute approximate surface area is 102 Å². The van der Waals surface area contributed by atoms with E-state index in [2.05, 4.69) is 29.8 Å². The van der Waals surface area contributed by atoms with Gasteiger partial charge < -0.3 is 10.1 Å². The van der Waals surface area contributed by atoms with Crippen LogP contribution >= 0.6 is 11.3 Å². The number of methoxy groups -OCH3 is 1. The van der Waals surface area contributed by atoms with E-state index < -0.39 is 0 Å². The van der Waals surface area contributed by atoms with Crippen LogP contribution in [0.5, 0.6) is 0 Å². The van der Waals surface area contributed by atoms with Crippen molar-refractivity contribution in [2.75, 3.05) is 26.8 Å². The predicted octanol–water partition coefficient (Wildman–Crippen LogP) is 2.65. The monoisotopic (exact) mass is 239 g/mol. The van der Waals surface area contributed by atoms with Crippen LogP contribution in [-0.2, 0) is 10.2 Å². The lowest BCUT2D eigenvalue weighted by Gasteiger charge is -2.46. The molecule has 0 saturated heterocycles. The zero-order valence-electron chi connectivity index (χ0n) is 10.2. The average molecular weight is 239 g/mol. The minimum atomic E-state index is 0.418. The number of ether oxygens (including phenoxy) is 1. The van der Waals surface area contributed by atoms with E-state index in [9.17, 15) is 0 Å². The predicted molar refractivity (Wildman–Crippen MR) is 69.1 cm³/mol. The first-order valence-corrected chi connectivity index (χ1v) is 6.88. The summed E-state index contributed by atoms with van der Waals surface area (Å²) in [7, 11) is 1.75. The van der Waals surface area contributed by atoms with Crippen LogP contribution in [0, 0.1) is 5.92 Å². The fourth-order valence-corrected chi connectivity index (χ4v) is 3.74. The number of nitrogens with one attached hydrogen (secondary N) is 1. The summed E-state index contributed by atoms with van der Waals surface area (Å²) in [5.74, 6) is 0.881. The molecule has 90 valence electrons. The molecule has 1 aromatic heterocycles. The molecular formula is C13H21NOS. The highest BCUT2D eigenvalue weighted by molar-refractivity contribution is 7.10. The molecule has 0 bridgehead atoms. The highest BCUT2D eigenvalue weighted by atomic mass is 32.1. The van der Waals surface area contributed by atoms with Crippen LogP contribution in [0.25, 0.3) is 0 Å². The Bertz CT molecular complexity index is 304. The maximum absolute atomic E-state index is 5.06. The molecule has 0 unspecified atom stereocenters. The molecule has 1 N–H and O–H groups in total. The molecule has 1 aromatic rings. The van der Waals surface area contributed by atoms with Crippen molar-refractivity contribution in [3.63, 3.8) is 0 Å². The van der Waals surface area contributed by atoms with Gasteiger partial charge in [-0.15, -0.1) is 11.3 Å². The van der Waals surface area contributed by atoms with Gasteiger partial charge in [0.15, 0.2) is 0 Å². The summed E-state index contributed by atoms with van der Waals surface area (Å²) in [5.41, 5.74) is 0.418. The van der Waals surface area contributed by atoms with Crippen molar-refractivity contribution in [1.29, 1.82) is 0 Å². The second-order valence-electron chi connectivity index (χ2n) is 4.94. The van der Waals surface area contributed by atoms with Crippen LogP contribution in [0.1, 0.15) is 24.6 Å². The Morgan fingerprint density at radius 2 is 2.38 bits per heavy atom. The van der Waals surface area contributed by atoms with Crippen LogP contribution in [0.2, 0.25) is 0 Å². The minimum Gasteiger partial charge on any atom is -0.383 e. The zero-order chi connectivity index (χ0) is 11.4. The van der Waals surface area contributed by atoms with Gasteiger partial charge in [-0.25, -0.2) is 0 Å². The maximum atomic E-state index is 5.06. The molecule has 1 heterocycles. The fourth-order valence-electron chi connectivity index (χ4n) is 2.79. The number of hydrogen-bond donors (Lipinski definition) is 1. The van der Waals surface area contributed by atoms with Crippen molar-refractivity contribution < 1.29 is 4.74 Å². The molecule has 1 fully saturated rings. The lowest BCUT2D eigenvalue weighted by atomic mass is 9.62. The average Bonchev–Trinajstić information content (AvgIpc) is 2.74. The van der Waals surface area contributed by atoms with E-state index in [4.69, 9.17) is 4.74 Å². The highest BCUT2D eigenvalue weighted by Crippen LogP contribution is 2.48. The Hall–Kier alpha value is -0.380. The normalized spacial score (nSPS) is 29.0. The number of thiophene rings is 1. The van der Waals surface area contributed by atoms with E-state index in [1.807, 2.05) is 11.3 Å². The summed E-state index contributed by atoms with van der Waals surface area (Å²) < 4.78 is 5.06. The van der Waals surface area contributed by atoms with Gasteiger partial charge >= 0.3 is 0 Å². The summed E-state index contributed by atoms with van der Waals surface area (Å²) in [5, 5.41) is 5.71. The van der Waals surface area contributed by atoms with Crippen LogP contribution in [0.4, 0.5) is 0 Å². The van der Waals surface area contributed by atoms with Gasteiger partial charge in [0.25, 0.3) is 0 Å². The van der Waals surface area contributed by atoms with Crippen molar-refractivity contribution in [3.8, 4) is 0 Å².